The van der Waals surface area contributed by atoms with Crippen LogP contribution in [0, 0.1) is 0 Å². The lowest BCUT2D eigenvalue weighted by atomic mass is 9.98. The van der Waals surface area contributed by atoms with E-state index in [4.69, 9.17) is 0 Å². The number of aliphatic imine (C=N–C) groups is 1. The van der Waals surface area contributed by atoms with Crippen molar-refractivity contribution in [1.82, 2.24) is 0 Å². The molecular formula is C18H15NS2. The molecule has 0 atom stereocenters. The van der Waals surface area contributed by atoms with Gasteiger partial charge in [0.15, 0.2) is 0 Å². The summed E-state index contributed by atoms with van der Waals surface area (Å²) in [7, 11) is 0. The van der Waals surface area contributed by atoms with Gasteiger partial charge in [0.05, 0.1) is 6.54 Å². The average molecular weight is 309 g/mol. The summed E-state index contributed by atoms with van der Waals surface area (Å²) in [4.78, 5) is 4.55. The molecule has 1 aliphatic heterocycles. The molecule has 1 aliphatic rings. The van der Waals surface area contributed by atoms with Crippen molar-refractivity contribution >= 4 is 49.4 Å². The standard InChI is InChI=1S/C18H15NS2/c1-3-7-15-13(5-1)11-14-6-2-4-8-16(14)17(15)12-21-18-19-9-10-20-18/h1-8,11H,9-10,12H2. The van der Waals surface area contributed by atoms with E-state index in [1.165, 1.54) is 31.5 Å². The van der Waals surface area contributed by atoms with Gasteiger partial charge in [0.2, 0.25) is 0 Å². The van der Waals surface area contributed by atoms with Gasteiger partial charge in [-0.05, 0) is 33.2 Å². The second kappa shape index (κ2) is 5.74. The molecule has 0 saturated carbocycles. The highest BCUT2D eigenvalue weighted by molar-refractivity contribution is 8.38. The molecule has 0 bridgehead atoms. The highest BCUT2D eigenvalue weighted by Gasteiger charge is 2.11. The third kappa shape index (κ3) is 2.56. The van der Waals surface area contributed by atoms with Gasteiger partial charge in [-0.15, -0.1) is 0 Å². The summed E-state index contributed by atoms with van der Waals surface area (Å²) in [5.74, 6) is 2.13. The highest BCUT2D eigenvalue weighted by atomic mass is 32.2. The smallest absolute Gasteiger partial charge is 0.124 e. The van der Waals surface area contributed by atoms with Gasteiger partial charge in [0.1, 0.15) is 4.38 Å². The Morgan fingerprint density at radius 3 is 2.24 bits per heavy atom. The van der Waals surface area contributed by atoms with Crippen LogP contribution in [0.2, 0.25) is 0 Å². The lowest BCUT2D eigenvalue weighted by Crippen LogP contribution is -1.90. The number of hydrogen-bond donors (Lipinski definition) is 0. The Balaban J connectivity index is 1.85. The zero-order valence-electron chi connectivity index (χ0n) is 11.6. The van der Waals surface area contributed by atoms with E-state index < -0.39 is 0 Å². The van der Waals surface area contributed by atoms with Gasteiger partial charge < -0.3 is 0 Å². The van der Waals surface area contributed by atoms with E-state index in [1.807, 2.05) is 23.5 Å². The maximum atomic E-state index is 4.55. The first-order valence-electron chi connectivity index (χ1n) is 7.11. The molecule has 3 aromatic carbocycles. The molecule has 0 amide bonds. The lowest BCUT2D eigenvalue weighted by Gasteiger charge is -2.11. The molecule has 0 spiro atoms. The van der Waals surface area contributed by atoms with Crippen molar-refractivity contribution in [2.24, 2.45) is 4.99 Å². The van der Waals surface area contributed by atoms with Crippen LogP contribution in [0.5, 0.6) is 0 Å². The second-order valence-electron chi connectivity index (χ2n) is 5.08. The van der Waals surface area contributed by atoms with Crippen molar-refractivity contribution in [2.45, 2.75) is 5.75 Å². The Morgan fingerprint density at radius 2 is 1.62 bits per heavy atom. The topological polar surface area (TPSA) is 12.4 Å². The molecule has 0 unspecified atom stereocenters. The molecule has 0 saturated heterocycles. The maximum Gasteiger partial charge on any atom is 0.124 e. The lowest BCUT2D eigenvalue weighted by molar-refractivity contribution is 1.18. The van der Waals surface area contributed by atoms with Crippen LogP contribution in [0.4, 0.5) is 0 Å². The fourth-order valence-corrected chi connectivity index (χ4v) is 4.86. The van der Waals surface area contributed by atoms with Gasteiger partial charge in [-0.3, -0.25) is 4.99 Å². The zero-order chi connectivity index (χ0) is 14.1. The number of rotatable bonds is 2. The summed E-state index contributed by atoms with van der Waals surface area (Å²) in [6, 6.07) is 19.7. The number of benzene rings is 3. The largest absolute Gasteiger partial charge is 0.271 e. The van der Waals surface area contributed by atoms with Gasteiger partial charge >= 0.3 is 0 Å². The fraction of sp³-hybridized carbons (Fsp3) is 0.167. The molecule has 0 N–H and O–H groups in total. The summed E-state index contributed by atoms with van der Waals surface area (Å²) in [6.45, 7) is 0.975. The van der Waals surface area contributed by atoms with E-state index >= 15 is 0 Å². The van der Waals surface area contributed by atoms with Crippen molar-refractivity contribution in [3.05, 3.63) is 60.2 Å². The first-order chi connectivity index (χ1) is 10.4. The molecule has 1 nitrogen and oxygen atoms in total. The van der Waals surface area contributed by atoms with Crippen LogP contribution >= 0.6 is 23.5 Å². The first kappa shape index (κ1) is 13.2. The van der Waals surface area contributed by atoms with Gasteiger partial charge in [-0.2, -0.15) is 0 Å². The fourth-order valence-electron chi connectivity index (χ4n) is 2.80. The molecule has 3 heteroatoms. The molecule has 0 fully saturated rings. The van der Waals surface area contributed by atoms with Crippen molar-refractivity contribution in [1.29, 1.82) is 0 Å². The van der Waals surface area contributed by atoms with Crippen molar-refractivity contribution < 1.29 is 0 Å². The van der Waals surface area contributed by atoms with E-state index in [-0.39, 0.29) is 0 Å². The Hall–Kier alpha value is -1.45. The van der Waals surface area contributed by atoms with Gasteiger partial charge in [0, 0.05) is 11.5 Å². The average Bonchev–Trinajstić information content (AvgIpc) is 3.05. The van der Waals surface area contributed by atoms with Crippen LogP contribution < -0.4 is 0 Å². The Labute approximate surface area is 132 Å². The van der Waals surface area contributed by atoms with E-state index in [0.717, 1.165) is 18.1 Å². The molecule has 1 heterocycles. The van der Waals surface area contributed by atoms with Crippen LogP contribution in [0.25, 0.3) is 21.5 Å². The van der Waals surface area contributed by atoms with E-state index in [2.05, 4.69) is 59.6 Å². The minimum Gasteiger partial charge on any atom is -0.271 e. The molecule has 104 valence electrons. The van der Waals surface area contributed by atoms with Crippen LogP contribution in [0.1, 0.15) is 5.56 Å². The molecule has 21 heavy (non-hydrogen) atoms. The molecular weight excluding hydrogens is 294 g/mol. The highest BCUT2D eigenvalue weighted by Crippen LogP contribution is 2.33. The Bertz CT molecular complexity index is 785. The molecule has 0 aromatic heterocycles. The number of thioether (sulfide) groups is 2. The predicted octanol–water partition coefficient (Wildman–Crippen LogP) is 5.33. The van der Waals surface area contributed by atoms with Crippen molar-refractivity contribution in [2.75, 3.05) is 12.3 Å². The second-order valence-corrected chi connectivity index (χ2v) is 7.39. The van der Waals surface area contributed by atoms with Gasteiger partial charge in [-0.25, -0.2) is 0 Å². The quantitative estimate of drug-likeness (QED) is 0.593. The SMILES string of the molecule is c1ccc2c(CSC3=NCCS3)c3ccccc3cc2c1. The van der Waals surface area contributed by atoms with Crippen LogP contribution in [-0.4, -0.2) is 16.7 Å². The first-order valence-corrected chi connectivity index (χ1v) is 9.08. The summed E-state index contributed by atoms with van der Waals surface area (Å²) in [6.07, 6.45) is 0. The number of hydrogen-bond acceptors (Lipinski definition) is 3. The molecule has 0 aliphatic carbocycles. The summed E-state index contributed by atoms with van der Waals surface area (Å²) in [5, 5.41) is 5.39. The number of fused-ring (bicyclic) bond motifs is 2. The van der Waals surface area contributed by atoms with Crippen LogP contribution in [-0.2, 0) is 5.75 Å². The van der Waals surface area contributed by atoms with Crippen LogP contribution in [0.15, 0.2) is 59.6 Å². The summed E-state index contributed by atoms with van der Waals surface area (Å²) >= 11 is 3.77. The molecule has 0 radical (unpaired) electrons. The third-order valence-corrected chi connectivity index (χ3v) is 6.06. The van der Waals surface area contributed by atoms with Crippen molar-refractivity contribution in [3.63, 3.8) is 0 Å². The predicted molar refractivity (Wildman–Crippen MR) is 97.5 cm³/mol. The van der Waals surface area contributed by atoms with Crippen LogP contribution in [0.3, 0.4) is 0 Å². The van der Waals surface area contributed by atoms with E-state index in [1.54, 1.807) is 0 Å². The van der Waals surface area contributed by atoms with E-state index in [9.17, 15) is 0 Å². The minimum absolute atomic E-state index is 0.975. The molecule has 3 aromatic rings. The summed E-state index contributed by atoms with van der Waals surface area (Å²) < 4.78 is 1.24. The van der Waals surface area contributed by atoms with E-state index in [0.29, 0.717) is 0 Å². The van der Waals surface area contributed by atoms with Gasteiger partial charge in [-0.1, -0.05) is 72.1 Å². The third-order valence-electron chi connectivity index (χ3n) is 3.78. The Morgan fingerprint density at radius 1 is 0.952 bits per heavy atom. The summed E-state index contributed by atoms with van der Waals surface area (Å²) in [5.41, 5.74) is 1.43. The van der Waals surface area contributed by atoms with Gasteiger partial charge in [0.25, 0.3) is 0 Å². The molecule has 4 rings (SSSR count). The Kier molecular flexibility index (Phi) is 3.62. The minimum atomic E-state index is 0.975. The monoisotopic (exact) mass is 309 g/mol. The number of nitrogens with zero attached hydrogens (tertiary/aromatic N) is 1. The normalized spacial score (nSPS) is 14.8. The zero-order valence-corrected chi connectivity index (χ0v) is 13.2. The maximum absolute atomic E-state index is 4.55. The van der Waals surface area contributed by atoms with Crippen molar-refractivity contribution in [3.8, 4) is 0 Å².